The Kier molecular flexibility index (Phi) is 6.46. The molecule has 0 atom stereocenters. The molecule has 116 valence electrons. The number of benzene rings is 2. The van der Waals surface area contributed by atoms with E-state index in [-0.39, 0.29) is 11.7 Å². The Morgan fingerprint density at radius 2 is 1.86 bits per heavy atom. The third-order valence-electron chi connectivity index (χ3n) is 3.37. The van der Waals surface area contributed by atoms with Crippen LogP contribution in [0.2, 0.25) is 0 Å². The van der Waals surface area contributed by atoms with Gasteiger partial charge in [0.05, 0.1) is 6.42 Å². The molecule has 2 aromatic carbocycles. The fraction of sp³-hybridized carbons (Fsp3) is 0.278. The average Bonchev–Trinajstić information content (AvgIpc) is 2.51. The van der Waals surface area contributed by atoms with Crippen LogP contribution in [0.4, 0.5) is 4.39 Å². The van der Waals surface area contributed by atoms with Gasteiger partial charge in [0.15, 0.2) is 0 Å². The molecule has 0 aromatic heterocycles. The average molecular weight is 317 g/mol. The maximum atomic E-state index is 12.8. The molecule has 1 amide bonds. The molecule has 0 heterocycles. The van der Waals surface area contributed by atoms with Crippen molar-refractivity contribution in [1.82, 2.24) is 5.32 Å². The SMILES string of the molecule is Cc1ccccc1CSCCNC(=O)Cc1ccc(F)cc1. The lowest BCUT2D eigenvalue weighted by atomic mass is 10.1. The van der Waals surface area contributed by atoms with Crippen molar-refractivity contribution < 1.29 is 9.18 Å². The third-order valence-corrected chi connectivity index (χ3v) is 4.37. The highest BCUT2D eigenvalue weighted by atomic mass is 32.2. The predicted molar refractivity (Wildman–Crippen MR) is 90.5 cm³/mol. The molecule has 2 aromatic rings. The summed E-state index contributed by atoms with van der Waals surface area (Å²) in [4.78, 5) is 11.8. The van der Waals surface area contributed by atoms with Gasteiger partial charge in [-0.15, -0.1) is 0 Å². The summed E-state index contributed by atoms with van der Waals surface area (Å²) in [7, 11) is 0. The number of amides is 1. The van der Waals surface area contributed by atoms with Crippen LogP contribution in [-0.2, 0) is 17.0 Å². The number of hydrogen-bond acceptors (Lipinski definition) is 2. The van der Waals surface area contributed by atoms with E-state index in [1.165, 1.54) is 23.3 Å². The molecular weight excluding hydrogens is 297 g/mol. The van der Waals surface area contributed by atoms with Gasteiger partial charge in [0.2, 0.25) is 5.91 Å². The standard InChI is InChI=1S/C18H20FNOS/c1-14-4-2-3-5-16(14)13-22-11-10-20-18(21)12-15-6-8-17(19)9-7-15/h2-9H,10-13H2,1H3,(H,20,21). The van der Waals surface area contributed by atoms with E-state index >= 15 is 0 Å². The number of halogens is 1. The molecule has 2 nitrogen and oxygen atoms in total. The second-order valence-corrected chi connectivity index (χ2v) is 6.24. The van der Waals surface area contributed by atoms with Crippen molar-refractivity contribution >= 4 is 17.7 Å². The van der Waals surface area contributed by atoms with Gasteiger partial charge in [0.25, 0.3) is 0 Å². The summed E-state index contributed by atoms with van der Waals surface area (Å²) in [5.74, 6) is 1.53. The lowest BCUT2D eigenvalue weighted by Crippen LogP contribution is -2.27. The monoisotopic (exact) mass is 317 g/mol. The van der Waals surface area contributed by atoms with Crippen LogP contribution in [0.15, 0.2) is 48.5 Å². The van der Waals surface area contributed by atoms with Crippen LogP contribution in [0.25, 0.3) is 0 Å². The number of carbonyl (C=O) groups excluding carboxylic acids is 1. The van der Waals surface area contributed by atoms with Gasteiger partial charge in [-0.05, 0) is 35.7 Å². The van der Waals surface area contributed by atoms with Gasteiger partial charge in [-0.2, -0.15) is 11.8 Å². The lowest BCUT2D eigenvalue weighted by molar-refractivity contribution is -0.120. The second-order valence-electron chi connectivity index (χ2n) is 5.13. The van der Waals surface area contributed by atoms with E-state index in [0.29, 0.717) is 13.0 Å². The molecule has 0 aliphatic carbocycles. The number of nitrogens with one attached hydrogen (secondary N) is 1. The van der Waals surface area contributed by atoms with Crippen molar-refractivity contribution in [2.24, 2.45) is 0 Å². The van der Waals surface area contributed by atoms with E-state index in [1.54, 1.807) is 23.9 Å². The molecule has 0 unspecified atom stereocenters. The van der Waals surface area contributed by atoms with Crippen LogP contribution < -0.4 is 5.32 Å². The fourth-order valence-corrected chi connectivity index (χ4v) is 3.00. The zero-order valence-electron chi connectivity index (χ0n) is 12.6. The summed E-state index contributed by atoms with van der Waals surface area (Å²) in [6, 6.07) is 14.4. The minimum Gasteiger partial charge on any atom is -0.355 e. The maximum Gasteiger partial charge on any atom is 0.224 e. The summed E-state index contributed by atoms with van der Waals surface area (Å²) in [5.41, 5.74) is 3.46. The van der Waals surface area contributed by atoms with Crippen molar-refractivity contribution in [3.8, 4) is 0 Å². The molecule has 0 saturated carbocycles. The van der Waals surface area contributed by atoms with E-state index in [1.807, 2.05) is 12.1 Å². The van der Waals surface area contributed by atoms with Crippen molar-refractivity contribution in [3.63, 3.8) is 0 Å². The highest BCUT2D eigenvalue weighted by molar-refractivity contribution is 7.98. The Hall–Kier alpha value is -1.81. The van der Waals surface area contributed by atoms with E-state index < -0.39 is 0 Å². The summed E-state index contributed by atoms with van der Waals surface area (Å²) in [6.07, 6.45) is 0.294. The molecule has 1 N–H and O–H groups in total. The molecule has 0 aliphatic rings. The molecule has 22 heavy (non-hydrogen) atoms. The first kappa shape index (κ1) is 16.6. The molecule has 0 aliphatic heterocycles. The van der Waals surface area contributed by atoms with Crippen LogP contribution in [0.5, 0.6) is 0 Å². The van der Waals surface area contributed by atoms with Crippen LogP contribution in [-0.4, -0.2) is 18.2 Å². The smallest absolute Gasteiger partial charge is 0.224 e. The van der Waals surface area contributed by atoms with Gasteiger partial charge in [0, 0.05) is 18.1 Å². The molecule has 0 saturated heterocycles. The zero-order chi connectivity index (χ0) is 15.8. The highest BCUT2D eigenvalue weighted by Gasteiger charge is 2.03. The number of carbonyl (C=O) groups is 1. The van der Waals surface area contributed by atoms with Crippen molar-refractivity contribution in [2.75, 3.05) is 12.3 Å². The molecule has 2 rings (SSSR count). The van der Waals surface area contributed by atoms with Gasteiger partial charge >= 0.3 is 0 Å². The summed E-state index contributed by atoms with van der Waals surface area (Å²) >= 11 is 1.81. The Bertz CT molecular complexity index is 613. The Balaban J connectivity index is 1.63. The first-order valence-electron chi connectivity index (χ1n) is 7.28. The van der Waals surface area contributed by atoms with Crippen molar-refractivity contribution in [3.05, 3.63) is 71.0 Å². The van der Waals surface area contributed by atoms with Gasteiger partial charge in [-0.1, -0.05) is 36.4 Å². The summed E-state index contributed by atoms with van der Waals surface area (Å²) in [5, 5.41) is 2.89. The van der Waals surface area contributed by atoms with E-state index in [4.69, 9.17) is 0 Å². The third kappa shape index (κ3) is 5.53. The zero-order valence-corrected chi connectivity index (χ0v) is 13.5. The minimum absolute atomic E-state index is 0.0249. The van der Waals surface area contributed by atoms with E-state index in [0.717, 1.165) is 17.1 Å². The largest absolute Gasteiger partial charge is 0.355 e. The number of hydrogen-bond donors (Lipinski definition) is 1. The van der Waals surface area contributed by atoms with Gasteiger partial charge in [-0.25, -0.2) is 4.39 Å². The number of thioether (sulfide) groups is 1. The highest BCUT2D eigenvalue weighted by Crippen LogP contribution is 2.15. The van der Waals surface area contributed by atoms with E-state index in [9.17, 15) is 9.18 Å². The van der Waals surface area contributed by atoms with Crippen LogP contribution in [0.1, 0.15) is 16.7 Å². The van der Waals surface area contributed by atoms with Gasteiger partial charge in [0.1, 0.15) is 5.82 Å². The van der Waals surface area contributed by atoms with Crippen molar-refractivity contribution in [1.29, 1.82) is 0 Å². The topological polar surface area (TPSA) is 29.1 Å². The van der Waals surface area contributed by atoms with Crippen LogP contribution in [0.3, 0.4) is 0 Å². The quantitative estimate of drug-likeness (QED) is 0.789. The van der Waals surface area contributed by atoms with Gasteiger partial charge in [-0.3, -0.25) is 4.79 Å². The Morgan fingerprint density at radius 3 is 2.59 bits per heavy atom. The lowest BCUT2D eigenvalue weighted by Gasteiger charge is -2.07. The predicted octanol–water partition coefficient (Wildman–Crippen LogP) is 3.73. The number of rotatable bonds is 7. The first-order valence-corrected chi connectivity index (χ1v) is 8.44. The summed E-state index contributed by atoms with van der Waals surface area (Å²) < 4.78 is 12.8. The number of aryl methyl sites for hydroxylation is 1. The van der Waals surface area contributed by atoms with Crippen LogP contribution in [0, 0.1) is 12.7 Å². The molecular formula is C18H20FNOS. The normalized spacial score (nSPS) is 10.5. The Morgan fingerprint density at radius 1 is 1.14 bits per heavy atom. The minimum atomic E-state index is -0.281. The van der Waals surface area contributed by atoms with E-state index in [2.05, 4.69) is 24.4 Å². The Labute approximate surface area is 135 Å². The van der Waals surface area contributed by atoms with Gasteiger partial charge < -0.3 is 5.32 Å². The molecule has 0 spiro atoms. The summed E-state index contributed by atoms with van der Waals surface area (Å²) in [6.45, 7) is 2.76. The fourth-order valence-electron chi connectivity index (χ4n) is 2.07. The van der Waals surface area contributed by atoms with Crippen molar-refractivity contribution in [2.45, 2.75) is 19.1 Å². The molecule has 0 fully saturated rings. The molecule has 0 bridgehead atoms. The van der Waals surface area contributed by atoms with Crippen LogP contribution >= 0.6 is 11.8 Å². The maximum absolute atomic E-state index is 12.8. The second kappa shape index (κ2) is 8.59. The first-order chi connectivity index (χ1) is 10.6. The molecule has 0 radical (unpaired) electrons. The molecule has 4 heteroatoms.